The van der Waals surface area contributed by atoms with Crippen LogP contribution in [0.25, 0.3) is 10.9 Å². The Hall–Kier alpha value is -3.72. The molecule has 3 aromatic rings. The van der Waals surface area contributed by atoms with Gasteiger partial charge >= 0.3 is 5.97 Å². The molecular weight excluding hydrogens is 482 g/mol. The van der Waals surface area contributed by atoms with Crippen molar-refractivity contribution in [1.82, 2.24) is 25.5 Å². The van der Waals surface area contributed by atoms with Gasteiger partial charge in [-0.15, -0.1) is 0 Å². The summed E-state index contributed by atoms with van der Waals surface area (Å²) in [4.78, 5) is 48.1. The molecular formula is C29H37N5O4. The average molecular weight is 520 g/mol. The lowest BCUT2D eigenvalue weighted by molar-refractivity contribution is -0.157. The van der Waals surface area contributed by atoms with E-state index in [0.29, 0.717) is 19.5 Å². The lowest BCUT2D eigenvalue weighted by atomic mass is 9.85. The van der Waals surface area contributed by atoms with Gasteiger partial charge in [0.15, 0.2) is 0 Å². The number of hydrogen-bond acceptors (Lipinski definition) is 6. The Balaban J connectivity index is 1.39. The van der Waals surface area contributed by atoms with Crippen LogP contribution < -0.4 is 10.6 Å². The second kappa shape index (κ2) is 11.8. The minimum Gasteiger partial charge on any atom is -0.459 e. The molecule has 1 saturated heterocycles. The molecule has 1 fully saturated rings. The van der Waals surface area contributed by atoms with E-state index in [0.717, 1.165) is 23.0 Å². The lowest BCUT2D eigenvalue weighted by Gasteiger charge is -2.39. The third-order valence-electron chi connectivity index (χ3n) is 6.72. The van der Waals surface area contributed by atoms with Gasteiger partial charge in [0.05, 0.1) is 19.1 Å². The Kier molecular flexibility index (Phi) is 8.46. The highest BCUT2D eigenvalue weighted by Crippen LogP contribution is 2.32. The number of esters is 1. The molecule has 0 radical (unpaired) electrons. The third kappa shape index (κ3) is 7.19. The van der Waals surface area contributed by atoms with Crippen molar-refractivity contribution in [3.05, 3.63) is 66.1 Å². The third-order valence-corrected chi connectivity index (χ3v) is 6.72. The topological polar surface area (TPSA) is 116 Å². The van der Waals surface area contributed by atoms with Gasteiger partial charge in [-0.1, -0.05) is 30.3 Å². The molecule has 2 amide bonds. The summed E-state index contributed by atoms with van der Waals surface area (Å²) in [5.74, 6) is -0.743. The number of amides is 2. The smallest absolute Gasteiger partial charge is 0.320 e. The fraction of sp³-hybridized carbons (Fsp3) is 0.448. The normalized spacial score (nSPS) is 19.1. The predicted molar refractivity (Wildman–Crippen MR) is 145 cm³/mol. The van der Waals surface area contributed by atoms with Crippen molar-refractivity contribution in [1.29, 1.82) is 0 Å². The number of nitrogens with one attached hydrogen (secondary N) is 3. The van der Waals surface area contributed by atoms with E-state index in [2.05, 4.69) is 32.7 Å². The molecule has 202 valence electrons. The zero-order chi connectivity index (χ0) is 27.3. The summed E-state index contributed by atoms with van der Waals surface area (Å²) < 4.78 is 5.51. The van der Waals surface area contributed by atoms with Gasteiger partial charge in [-0.25, -0.2) is 0 Å². The van der Waals surface area contributed by atoms with Crippen LogP contribution in [-0.2, 0) is 25.7 Å². The van der Waals surface area contributed by atoms with Crippen molar-refractivity contribution < 1.29 is 19.1 Å². The van der Waals surface area contributed by atoms with E-state index >= 15 is 0 Å². The van der Waals surface area contributed by atoms with Gasteiger partial charge < -0.3 is 20.4 Å². The molecule has 0 aliphatic carbocycles. The summed E-state index contributed by atoms with van der Waals surface area (Å²) in [6, 6.07) is 12.6. The van der Waals surface area contributed by atoms with Crippen molar-refractivity contribution in [3.8, 4) is 0 Å². The van der Waals surface area contributed by atoms with Crippen LogP contribution in [0.2, 0.25) is 0 Å². The van der Waals surface area contributed by atoms with E-state index in [-0.39, 0.29) is 30.2 Å². The first kappa shape index (κ1) is 27.3. The minimum absolute atomic E-state index is 0.0205. The first-order chi connectivity index (χ1) is 18.1. The van der Waals surface area contributed by atoms with Crippen molar-refractivity contribution in [2.75, 3.05) is 13.1 Å². The summed E-state index contributed by atoms with van der Waals surface area (Å²) in [6.45, 7) is 8.03. The Morgan fingerprint density at radius 3 is 2.66 bits per heavy atom. The molecule has 1 aromatic carbocycles. The summed E-state index contributed by atoms with van der Waals surface area (Å²) in [5.41, 5.74) is 2.36. The van der Waals surface area contributed by atoms with Crippen LogP contribution in [0.3, 0.4) is 0 Å². The van der Waals surface area contributed by atoms with E-state index in [1.54, 1.807) is 19.3 Å². The Morgan fingerprint density at radius 2 is 1.95 bits per heavy atom. The minimum atomic E-state index is -0.742. The quantitative estimate of drug-likeness (QED) is 0.394. The molecule has 2 aromatic heterocycles. The SMILES string of the molecule is CC(NC(=O)[C@H]1C[C@@H](c2ccccc2)CCN1CC(=O)OC(C)(C)C)C(=O)NCc1cc2cnccc2[nH]1. The van der Waals surface area contributed by atoms with Crippen LogP contribution >= 0.6 is 0 Å². The number of rotatable bonds is 8. The molecule has 9 nitrogen and oxygen atoms in total. The summed E-state index contributed by atoms with van der Waals surface area (Å²) in [7, 11) is 0. The first-order valence-electron chi connectivity index (χ1n) is 13.1. The Morgan fingerprint density at radius 1 is 1.18 bits per heavy atom. The van der Waals surface area contributed by atoms with E-state index in [9.17, 15) is 14.4 Å². The standard InChI is InChI=1S/C29H37N5O4/c1-19(27(36)31-17-23-14-22-16-30-12-10-24(22)33-23)32-28(37)25-15-21(20-8-6-5-7-9-20)11-13-34(25)18-26(35)38-29(2,3)4/h5-10,12,14,16,19,21,25,33H,11,13,15,17-18H2,1-4H3,(H,31,36)(H,32,37)/t19?,21-,25+/m0/s1. The van der Waals surface area contributed by atoms with Gasteiger partial charge in [-0.2, -0.15) is 0 Å². The van der Waals surface area contributed by atoms with Gasteiger partial charge in [0, 0.05) is 35.5 Å². The van der Waals surface area contributed by atoms with E-state index in [1.807, 2.05) is 56.0 Å². The molecule has 3 N–H and O–H groups in total. The zero-order valence-corrected chi connectivity index (χ0v) is 22.5. The van der Waals surface area contributed by atoms with E-state index < -0.39 is 17.7 Å². The predicted octanol–water partition coefficient (Wildman–Crippen LogP) is 3.27. The maximum absolute atomic E-state index is 13.5. The number of likely N-dealkylation sites (tertiary alicyclic amines) is 1. The van der Waals surface area contributed by atoms with Crippen molar-refractivity contribution in [2.45, 2.75) is 70.7 Å². The highest BCUT2D eigenvalue weighted by atomic mass is 16.6. The van der Waals surface area contributed by atoms with Crippen molar-refractivity contribution >= 4 is 28.7 Å². The summed E-state index contributed by atoms with van der Waals surface area (Å²) >= 11 is 0. The number of benzene rings is 1. The number of aromatic nitrogens is 2. The highest BCUT2D eigenvalue weighted by Gasteiger charge is 2.36. The number of ether oxygens (including phenoxy) is 1. The number of piperidine rings is 1. The monoisotopic (exact) mass is 519 g/mol. The molecule has 38 heavy (non-hydrogen) atoms. The molecule has 4 rings (SSSR count). The van der Waals surface area contributed by atoms with Crippen molar-refractivity contribution in [3.63, 3.8) is 0 Å². The van der Waals surface area contributed by atoms with Crippen LogP contribution in [0.1, 0.15) is 57.7 Å². The van der Waals surface area contributed by atoms with E-state index in [4.69, 9.17) is 4.74 Å². The number of pyridine rings is 1. The van der Waals surface area contributed by atoms with Crippen LogP contribution in [-0.4, -0.2) is 63.4 Å². The second-order valence-electron chi connectivity index (χ2n) is 10.9. The van der Waals surface area contributed by atoms with Gasteiger partial charge in [-0.3, -0.25) is 24.3 Å². The highest BCUT2D eigenvalue weighted by molar-refractivity contribution is 5.90. The van der Waals surface area contributed by atoms with Gasteiger partial charge in [0.1, 0.15) is 11.6 Å². The fourth-order valence-electron chi connectivity index (χ4n) is 4.88. The number of carbonyl (C=O) groups is 3. The lowest BCUT2D eigenvalue weighted by Crippen LogP contribution is -2.56. The number of carbonyl (C=O) groups excluding carboxylic acids is 3. The van der Waals surface area contributed by atoms with Crippen LogP contribution in [0.15, 0.2) is 54.9 Å². The molecule has 0 spiro atoms. The Bertz CT molecular complexity index is 1230. The molecule has 3 atom stereocenters. The first-order valence-corrected chi connectivity index (χ1v) is 13.1. The van der Waals surface area contributed by atoms with E-state index in [1.165, 1.54) is 5.56 Å². The van der Waals surface area contributed by atoms with Gasteiger partial charge in [0.25, 0.3) is 0 Å². The summed E-state index contributed by atoms with van der Waals surface area (Å²) in [6.07, 6.45) is 4.84. The van der Waals surface area contributed by atoms with Gasteiger partial charge in [-0.05, 0) is 64.2 Å². The maximum atomic E-state index is 13.5. The molecule has 0 saturated carbocycles. The number of fused-ring (bicyclic) bond motifs is 1. The average Bonchev–Trinajstić information content (AvgIpc) is 3.30. The number of nitrogens with zero attached hydrogens (tertiary/aromatic N) is 2. The molecule has 1 unspecified atom stereocenters. The number of aromatic amines is 1. The number of H-pyrrole nitrogens is 1. The van der Waals surface area contributed by atoms with Crippen LogP contribution in [0.4, 0.5) is 0 Å². The largest absolute Gasteiger partial charge is 0.459 e. The fourth-order valence-corrected chi connectivity index (χ4v) is 4.88. The maximum Gasteiger partial charge on any atom is 0.320 e. The Labute approximate surface area is 223 Å². The summed E-state index contributed by atoms with van der Waals surface area (Å²) in [5, 5.41) is 6.72. The molecule has 9 heteroatoms. The van der Waals surface area contributed by atoms with Crippen molar-refractivity contribution in [2.24, 2.45) is 0 Å². The van der Waals surface area contributed by atoms with Crippen LogP contribution in [0, 0.1) is 0 Å². The zero-order valence-electron chi connectivity index (χ0n) is 22.5. The number of hydrogen-bond donors (Lipinski definition) is 3. The molecule has 1 aliphatic rings. The second-order valence-corrected chi connectivity index (χ2v) is 10.9. The van der Waals surface area contributed by atoms with Crippen LogP contribution in [0.5, 0.6) is 0 Å². The molecule has 3 heterocycles. The molecule has 1 aliphatic heterocycles. The van der Waals surface area contributed by atoms with Gasteiger partial charge in [0.2, 0.25) is 11.8 Å². The molecule has 0 bridgehead atoms.